The van der Waals surface area contributed by atoms with Crippen LogP contribution in [0.2, 0.25) is 0 Å². The van der Waals surface area contributed by atoms with Gasteiger partial charge in [0.2, 0.25) is 0 Å². The fourth-order valence-electron chi connectivity index (χ4n) is 0.569. The summed E-state index contributed by atoms with van der Waals surface area (Å²) in [4.78, 5) is 3.11. The van der Waals surface area contributed by atoms with Crippen molar-refractivity contribution < 1.29 is 17.6 Å². The van der Waals surface area contributed by atoms with Crippen LogP contribution in [-0.4, -0.2) is 31.4 Å². The number of nitrogens with zero attached hydrogens (tertiary/aromatic N) is 1. The van der Waals surface area contributed by atoms with E-state index in [4.69, 9.17) is 5.73 Å². The molecule has 0 fully saturated rings. The number of rotatable bonds is 5. The molecule has 0 saturated heterocycles. The van der Waals surface area contributed by atoms with E-state index in [1.807, 2.05) is 6.92 Å². The minimum absolute atomic E-state index is 0.243. The summed E-state index contributed by atoms with van der Waals surface area (Å²) in [7, 11) is 0. The molecule has 0 amide bonds. The van der Waals surface area contributed by atoms with Crippen LogP contribution in [0.1, 0.15) is 13.3 Å². The van der Waals surface area contributed by atoms with Crippen LogP contribution in [-0.2, 0) is 0 Å². The Labute approximate surface area is 79.4 Å². The normalized spacial score (nSPS) is 13.4. The van der Waals surface area contributed by atoms with E-state index in [0.717, 1.165) is 6.42 Å². The van der Waals surface area contributed by atoms with Gasteiger partial charge < -0.3 is 11.1 Å². The van der Waals surface area contributed by atoms with Crippen molar-refractivity contribution in [2.45, 2.75) is 25.7 Å². The number of nitrogens with two attached hydrogens (primary N) is 1. The van der Waals surface area contributed by atoms with Crippen LogP contribution in [0.3, 0.4) is 0 Å². The first kappa shape index (κ1) is 13.0. The molecule has 0 spiro atoms. The van der Waals surface area contributed by atoms with Gasteiger partial charge >= 0.3 is 12.3 Å². The number of hydrogen-bond acceptors (Lipinski definition) is 1. The average molecular weight is 215 g/mol. The number of nitrogens with one attached hydrogen (secondary N) is 1. The Bertz CT molecular complexity index is 193. The molecule has 0 aromatic carbocycles. The summed E-state index contributed by atoms with van der Waals surface area (Å²) >= 11 is 0. The van der Waals surface area contributed by atoms with Crippen molar-refractivity contribution in [3.05, 3.63) is 0 Å². The largest absolute Gasteiger partial charge is 0.370 e. The van der Waals surface area contributed by atoms with Crippen molar-refractivity contribution >= 4 is 5.96 Å². The van der Waals surface area contributed by atoms with E-state index in [-0.39, 0.29) is 5.96 Å². The van der Waals surface area contributed by atoms with Gasteiger partial charge in [-0.15, -0.1) is 0 Å². The highest BCUT2D eigenvalue weighted by Gasteiger charge is 2.40. The van der Waals surface area contributed by atoms with Crippen molar-refractivity contribution in [3.63, 3.8) is 0 Å². The quantitative estimate of drug-likeness (QED) is 0.411. The van der Waals surface area contributed by atoms with E-state index < -0.39 is 18.9 Å². The third-order valence-electron chi connectivity index (χ3n) is 1.34. The lowest BCUT2D eigenvalue weighted by Crippen LogP contribution is -2.36. The van der Waals surface area contributed by atoms with Crippen LogP contribution in [0.25, 0.3) is 0 Å². The highest BCUT2D eigenvalue weighted by Crippen LogP contribution is 2.22. The van der Waals surface area contributed by atoms with Crippen LogP contribution >= 0.6 is 0 Å². The van der Waals surface area contributed by atoms with Crippen molar-refractivity contribution in [2.75, 3.05) is 13.1 Å². The first-order chi connectivity index (χ1) is 6.40. The number of alkyl halides is 4. The van der Waals surface area contributed by atoms with Gasteiger partial charge in [0.1, 0.15) is 6.54 Å². The third-order valence-corrected chi connectivity index (χ3v) is 1.34. The highest BCUT2D eigenvalue weighted by molar-refractivity contribution is 5.77. The second-order valence-electron chi connectivity index (χ2n) is 2.69. The van der Waals surface area contributed by atoms with Crippen LogP contribution < -0.4 is 11.1 Å². The molecule has 3 nitrogen and oxygen atoms in total. The van der Waals surface area contributed by atoms with E-state index in [1.165, 1.54) is 0 Å². The van der Waals surface area contributed by atoms with Crippen molar-refractivity contribution in [2.24, 2.45) is 10.7 Å². The topological polar surface area (TPSA) is 50.4 Å². The summed E-state index contributed by atoms with van der Waals surface area (Å²) in [5.74, 6) is -4.36. The summed E-state index contributed by atoms with van der Waals surface area (Å²) in [6.45, 7) is 1.01. The van der Waals surface area contributed by atoms with Gasteiger partial charge in [-0.3, -0.25) is 0 Å². The van der Waals surface area contributed by atoms with Gasteiger partial charge in [-0.2, -0.15) is 8.78 Å². The molecule has 0 aromatic heterocycles. The molecule has 84 valence electrons. The first-order valence-electron chi connectivity index (χ1n) is 4.10. The zero-order valence-electron chi connectivity index (χ0n) is 7.74. The standard InChI is InChI=1S/C7H13F4N3/c1-2-3-13-6(12)14-4-7(10,11)5(8)9/h5H,2-4H2,1H3,(H3,12,13,14). The van der Waals surface area contributed by atoms with Crippen LogP contribution in [0, 0.1) is 0 Å². The van der Waals surface area contributed by atoms with E-state index in [0.29, 0.717) is 6.54 Å². The Morgan fingerprint density at radius 3 is 2.50 bits per heavy atom. The van der Waals surface area contributed by atoms with Crippen molar-refractivity contribution in [1.82, 2.24) is 5.32 Å². The highest BCUT2D eigenvalue weighted by atomic mass is 19.3. The van der Waals surface area contributed by atoms with Gasteiger partial charge in [0.25, 0.3) is 0 Å². The molecular formula is C7H13F4N3. The molecule has 0 heterocycles. The molecule has 0 aromatic rings. The van der Waals surface area contributed by atoms with Crippen LogP contribution in [0.5, 0.6) is 0 Å². The van der Waals surface area contributed by atoms with E-state index >= 15 is 0 Å². The summed E-state index contributed by atoms with van der Waals surface area (Å²) in [5, 5.41) is 2.49. The molecule has 0 saturated carbocycles. The lowest BCUT2D eigenvalue weighted by Gasteiger charge is -2.12. The van der Waals surface area contributed by atoms with E-state index in [2.05, 4.69) is 10.3 Å². The second-order valence-corrected chi connectivity index (χ2v) is 2.69. The summed E-state index contributed by atoms with van der Waals surface area (Å²) < 4.78 is 47.8. The predicted octanol–water partition coefficient (Wildman–Crippen LogP) is 1.20. The maximum Gasteiger partial charge on any atom is 0.326 e. The molecule has 0 radical (unpaired) electrons. The zero-order chi connectivity index (χ0) is 11.2. The molecule has 3 N–H and O–H groups in total. The Morgan fingerprint density at radius 1 is 1.50 bits per heavy atom. The second kappa shape index (κ2) is 5.66. The number of hydrogen-bond donors (Lipinski definition) is 2. The fraction of sp³-hybridized carbons (Fsp3) is 0.857. The molecular weight excluding hydrogens is 202 g/mol. The molecule has 0 bridgehead atoms. The summed E-state index contributed by atoms with van der Waals surface area (Å²) in [5.41, 5.74) is 5.13. The van der Waals surface area contributed by atoms with Crippen molar-refractivity contribution in [1.29, 1.82) is 0 Å². The summed E-state index contributed by atoms with van der Waals surface area (Å²) in [6.07, 6.45) is -2.98. The monoisotopic (exact) mass is 215 g/mol. The van der Waals surface area contributed by atoms with Gasteiger partial charge in [0.05, 0.1) is 0 Å². The molecule has 14 heavy (non-hydrogen) atoms. The Morgan fingerprint density at radius 2 is 2.07 bits per heavy atom. The maximum atomic E-state index is 12.3. The lowest BCUT2D eigenvalue weighted by molar-refractivity contribution is -0.120. The van der Waals surface area contributed by atoms with Gasteiger partial charge in [0.15, 0.2) is 5.96 Å². The molecule has 0 aliphatic carbocycles. The maximum absolute atomic E-state index is 12.3. The molecule has 0 aliphatic heterocycles. The first-order valence-corrected chi connectivity index (χ1v) is 4.10. The Hall–Kier alpha value is -1.01. The molecule has 0 unspecified atom stereocenters. The smallest absolute Gasteiger partial charge is 0.326 e. The Kier molecular flexibility index (Phi) is 5.26. The van der Waals surface area contributed by atoms with Gasteiger partial charge in [-0.05, 0) is 6.42 Å². The molecule has 0 aliphatic rings. The van der Waals surface area contributed by atoms with Gasteiger partial charge in [-0.25, -0.2) is 13.8 Å². The number of aliphatic imine (C=N–C) groups is 1. The third kappa shape index (κ3) is 4.88. The number of guanidine groups is 1. The zero-order valence-corrected chi connectivity index (χ0v) is 7.74. The number of halogens is 4. The van der Waals surface area contributed by atoms with Crippen molar-refractivity contribution in [3.8, 4) is 0 Å². The van der Waals surface area contributed by atoms with Gasteiger partial charge in [0, 0.05) is 6.54 Å². The van der Waals surface area contributed by atoms with Gasteiger partial charge in [-0.1, -0.05) is 6.92 Å². The lowest BCUT2D eigenvalue weighted by atomic mass is 10.3. The van der Waals surface area contributed by atoms with Crippen LogP contribution in [0.15, 0.2) is 4.99 Å². The molecule has 7 heteroatoms. The van der Waals surface area contributed by atoms with E-state index in [9.17, 15) is 17.6 Å². The minimum atomic E-state index is -4.11. The SMILES string of the molecule is CCCNC(N)=NCC(F)(F)C(F)F. The van der Waals surface area contributed by atoms with Crippen LogP contribution in [0.4, 0.5) is 17.6 Å². The summed E-state index contributed by atoms with van der Waals surface area (Å²) in [6, 6.07) is 0. The molecule has 0 atom stereocenters. The predicted molar refractivity (Wildman–Crippen MR) is 45.7 cm³/mol. The average Bonchev–Trinajstić information content (AvgIpc) is 2.11. The van der Waals surface area contributed by atoms with E-state index in [1.54, 1.807) is 0 Å². The fourth-order valence-corrected chi connectivity index (χ4v) is 0.569. The molecule has 0 rings (SSSR count). The minimum Gasteiger partial charge on any atom is -0.370 e. The Balaban J connectivity index is 4.00.